The summed E-state index contributed by atoms with van der Waals surface area (Å²) >= 11 is 1.90. The second-order valence-corrected chi connectivity index (χ2v) is 17.4. The maximum Gasteiger partial charge on any atom is 0.0541 e. The van der Waals surface area contributed by atoms with Crippen molar-refractivity contribution in [1.82, 2.24) is 4.57 Å². The Morgan fingerprint density at radius 1 is 0.393 bits per heavy atom. The van der Waals surface area contributed by atoms with Gasteiger partial charge in [-0.15, -0.1) is 11.3 Å². The van der Waals surface area contributed by atoms with Crippen LogP contribution in [0.4, 0.5) is 0 Å². The zero-order chi connectivity index (χ0) is 40.3. The van der Waals surface area contributed by atoms with Crippen LogP contribution in [0.5, 0.6) is 0 Å². The van der Waals surface area contributed by atoms with Gasteiger partial charge in [0.25, 0.3) is 0 Å². The van der Waals surface area contributed by atoms with Crippen molar-refractivity contribution in [3.8, 4) is 27.9 Å². The van der Waals surface area contributed by atoms with Crippen LogP contribution in [0.2, 0.25) is 0 Å². The van der Waals surface area contributed by atoms with Gasteiger partial charge in [-0.3, -0.25) is 0 Å². The van der Waals surface area contributed by atoms with Crippen molar-refractivity contribution < 1.29 is 0 Å². The Kier molecular flexibility index (Phi) is 8.64. The minimum Gasteiger partial charge on any atom is -0.309 e. The molecule has 61 heavy (non-hydrogen) atoms. The Balaban J connectivity index is 0.999. The molecule has 0 aliphatic carbocycles. The van der Waals surface area contributed by atoms with E-state index in [4.69, 9.17) is 0 Å². The van der Waals surface area contributed by atoms with Gasteiger partial charge in [0.2, 0.25) is 0 Å². The zero-order valence-corrected chi connectivity index (χ0v) is 34.4. The average molecular weight is 796 g/mol. The Morgan fingerprint density at radius 3 is 1.93 bits per heavy atom. The van der Waals surface area contributed by atoms with Crippen molar-refractivity contribution in [2.24, 2.45) is 0 Å². The highest BCUT2D eigenvalue weighted by atomic mass is 32.1. The average Bonchev–Trinajstić information content (AvgIpc) is 3.87. The number of rotatable bonds is 8. The van der Waals surface area contributed by atoms with Crippen LogP contribution in [0.3, 0.4) is 0 Å². The largest absolute Gasteiger partial charge is 0.309 e. The summed E-state index contributed by atoms with van der Waals surface area (Å²) in [6, 6.07) is 81.2. The number of para-hydroxylation sites is 1. The van der Waals surface area contributed by atoms with Gasteiger partial charge in [-0.1, -0.05) is 182 Å². The van der Waals surface area contributed by atoms with Crippen molar-refractivity contribution in [3.05, 3.63) is 235 Å². The van der Waals surface area contributed by atoms with Gasteiger partial charge < -0.3 is 4.57 Å². The van der Waals surface area contributed by atoms with E-state index in [0.29, 0.717) is 0 Å². The Bertz CT molecular complexity index is 3580. The van der Waals surface area contributed by atoms with E-state index in [9.17, 15) is 0 Å². The fraction of sp³-hybridized carbons (Fsp3) is 0.0508. The molecule has 0 saturated carbocycles. The first-order valence-electron chi connectivity index (χ1n) is 21.3. The summed E-state index contributed by atoms with van der Waals surface area (Å²) in [6.45, 7) is 0. The Labute approximate surface area is 359 Å². The van der Waals surface area contributed by atoms with Gasteiger partial charge in [0.15, 0.2) is 0 Å². The van der Waals surface area contributed by atoms with E-state index in [2.05, 4.69) is 223 Å². The van der Waals surface area contributed by atoms with Crippen LogP contribution >= 0.6 is 11.3 Å². The SMILES string of the molecule is c1ccc(-c2ccc3c(c2)c2ccccc2n3-c2cc(-c3ccc(C(CCc4cccc5ccccc45)c4ccc5ccccc5c4)cc3)c3sc4ccccc4c3c2)cc1. The lowest BCUT2D eigenvalue weighted by atomic mass is 9.84. The van der Waals surface area contributed by atoms with Crippen LogP contribution < -0.4 is 0 Å². The lowest BCUT2D eigenvalue weighted by molar-refractivity contribution is 0.718. The third-order valence-corrected chi connectivity index (χ3v) is 14.1. The smallest absolute Gasteiger partial charge is 0.0541 e. The molecular formula is C59H41NS. The number of thiophene rings is 1. The van der Waals surface area contributed by atoms with E-state index in [1.54, 1.807) is 0 Å². The molecule has 0 N–H and O–H groups in total. The summed E-state index contributed by atoms with van der Waals surface area (Å²) in [7, 11) is 0. The summed E-state index contributed by atoms with van der Waals surface area (Å²) < 4.78 is 5.12. The van der Waals surface area contributed by atoms with Gasteiger partial charge in [-0.05, 0) is 104 Å². The van der Waals surface area contributed by atoms with E-state index in [1.165, 1.54) is 108 Å². The minimum absolute atomic E-state index is 0.242. The normalized spacial score (nSPS) is 12.3. The molecule has 0 aliphatic rings. The molecule has 0 bridgehead atoms. The number of aryl methyl sites for hydroxylation is 1. The van der Waals surface area contributed by atoms with Crippen LogP contribution in [0.1, 0.15) is 29.0 Å². The molecule has 10 aromatic carbocycles. The second-order valence-electron chi connectivity index (χ2n) is 16.4. The highest BCUT2D eigenvalue weighted by molar-refractivity contribution is 7.26. The van der Waals surface area contributed by atoms with Crippen LogP contribution in [0, 0.1) is 0 Å². The molecule has 0 radical (unpaired) electrons. The molecule has 1 unspecified atom stereocenters. The van der Waals surface area contributed by atoms with Crippen molar-refractivity contribution in [3.63, 3.8) is 0 Å². The van der Waals surface area contributed by atoms with Gasteiger partial charge in [-0.2, -0.15) is 0 Å². The molecule has 288 valence electrons. The number of aromatic nitrogens is 1. The Hall–Kier alpha value is -7.26. The standard InChI is InChI=1S/C59H41NS/c1-2-13-39(14-3-1)46-32-34-57-54(36-46)51-21-8-10-23-56(51)60(57)48-37-53(59-55(38-48)52-22-9-11-24-58(52)61-59)44-28-26-43(27-29-44)50(47-30-25-40-15-4-5-17-45(40)35-47)33-31-42-19-12-18-41-16-6-7-20-49(41)42/h1-30,32,34-38,50H,31,33H2. The number of hydrogen-bond donors (Lipinski definition) is 0. The first-order chi connectivity index (χ1) is 30.2. The van der Waals surface area contributed by atoms with Crippen LogP contribution in [0.15, 0.2) is 218 Å². The van der Waals surface area contributed by atoms with Crippen LogP contribution in [-0.2, 0) is 6.42 Å². The maximum atomic E-state index is 2.48. The number of nitrogens with zero attached hydrogens (tertiary/aromatic N) is 1. The van der Waals surface area contributed by atoms with Gasteiger partial charge in [0, 0.05) is 48.1 Å². The highest BCUT2D eigenvalue weighted by Gasteiger charge is 2.20. The molecule has 2 heterocycles. The maximum absolute atomic E-state index is 2.48. The third-order valence-electron chi connectivity index (χ3n) is 12.9. The molecule has 1 nitrogen and oxygen atoms in total. The fourth-order valence-corrected chi connectivity index (χ4v) is 11.1. The van der Waals surface area contributed by atoms with Crippen molar-refractivity contribution >= 4 is 74.9 Å². The molecule has 0 saturated heterocycles. The molecule has 12 rings (SSSR count). The summed E-state index contributed by atoms with van der Waals surface area (Å²) in [5.74, 6) is 0.242. The van der Waals surface area contributed by atoms with Crippen LogP contribution in [-0.4, -0.2) is 4.57 Å². The minimum atomic E-state index is 0.242. The molecular weight excluding hydrogens is 755 g/mol. The first kappa shape index (κ1) is 35.7. The van der Waals surface area contributed by atoms with Gasteiger partial charge >= 0.3 is 0 Å². The van der Waals surface area contributed by atoms with E-state index in [0.717, 1.165) is 12.8 Å². The molecule has 12 aromatic rings. The number of benzene rings is 10. The lowest BCUT2D eigenvalue weighted by Gasteiger charge is -2.20. The summed E-state index contributed by atoms with van der Waals surface area (Å²) in [4.78, 5) is 0. The van der Waals surface area contributed by atoms with Crippen LogP contribution in [0.25, 0.3) is 91.5 Å². The summed E-state index contributed by atoms with van der Waals surface area (Å²) in [5.41, 5.74) is 12.7. The summed E-state index contributed by atoms with van der Waals surface area (Å²) in [6.07, 6.45) is 2.01. The quantitative estimate of drug-likeness (QED) is 0.144. The monoisotopic (exact) mass is 795 g/mol. The topological polar surface area (TPSA) is 4.93 Å². The van der Waals surface area contributed by atoms with E-state index < -0.39 is 0 Å². The molecule has 2 heteroatoms. The molecule has 0 aliphatic heterocycles. The predicted molar refractivity (Wildman–Crippen MR) is 263 cm³/mol. The van der Waals surface area contributed by atoms with E-state index >= 15 is 0 Å². The van der Waals surface area contributed by atoms with Crippen molar-refractivity contribution in [2.75, 3.05) is 0 Å². The first-order valence-corrected chi connectivity index (χ1v) is 22.2. The molecule has 0 fully saturated rings. The predicted octanol–water partition coefficient (Wildman–Crippen LogP) is 16.6. The van der Waals surface area contributed by atoms with Crippen molar-refractivity contribution in [1.29, 1.82) is 0 Å². The van der Waals surface area contributed by atoms with Gasteiger partial charge in [0.05, 0.1) is 11.0 Å². The number of hydrogen-bond acceptors (Lipinski definition) is 1. The fourth-order valence-electron chi connectivity index (χ4n) is 9.87. The van der Waals surface area contributed by atoms with E-state index in [1.807, 2.05) is 11.3 Å². The highest BCUT2D eigenvalue weighted by Crippen LogP contribution is 2.44. The lowest BCUT2D eigenvalue weighted by Crippen LogP contribution is -2.04. The van der Waals surface area contributed by atoms with Crippen molar-refractivity contribution in [2.45, 2.75) is 18.8 Å². The summed E-state index contributed by atoms with van der Waals surface area (Å²) in [5, 5.41) is 10.4. The molecule has 0 spiro atoms. The zero-order valence-electron chi connectivity index (χ0n) is 33.6. The van der Waals surface area contributed by atoms with Gasteiger partial charge in [-0.25, -0.2) is 0 Å². The molecule has 2 aromatic heterocycles. The third kappa shape index (κ3) is 6.22. The van der Waals surface area contributed by atoms with Gasteiger partial charge in [0.1, 0.15) is 0 Å². The second kappa shape index (κ2) is 14.8. The Morgan fingerprint density at radius 2 is 1.07 bits per heavy atom. The molecule has 1 atom stereocenters. The van der Waals surface area contributed by atoms with E-state index in [-0.39, 0.29) is 5.92 Å². The number of fused-ring (bicyclic) bond motifs is 8. The molecule has 0 amide bonds.